The largest absolute Gasteiger partial charge is 0.383 e. The van der Waals surface area contributed by atoms with Gasteiger partial charge in [-0.3, -0.25) is 0 Å². The Morgan fingerprint density at radius 2 is 1.41 bits per heavy atom. The fraction of sp³-hybridized carbons (Fsp3) is 0. The van der Waals surface area contributed by atoms with Crippen molar-refractivity contribution in [1.29, 1.82) is 0 Å². The highest BCUT2D eigenvalue weighted by Crippen LogP contribution is 2.39. The fourth-order valence-corrected chi connectivity index (χ4v) is 3.65. The van der Waals surface area contributed by atoms with Crippen molar-refractivity contribution in [1.82, 2.24) is 4.98 Å². The third kappa shape index (κ3) is 3.78. The number of nitrogens with zero attached hydrogens (tertiary/aromatic N) is 2. The number of halogens is 1. The van der Waals surface area contributed by atoms with Gasteiger partial charge in [0, 0.05) is 16.7 Å². The van der Waals surface area contributed by atoms with Crippen LogP contribution in [0.25, 0.3) is 21.8 Å². The Morgan fingerprint density at radius 1 is 0.815 bits per heavy atom. The van der Waals surface area contributed by atoms with Crippen molar-refractivity contribution in [2.24, 2.45) is 10.7 Å². The van der Waals surface area contributed by atoms with Crippen LogP contribution in [0.15, 0.2) is 89.9 Å². The Labute approximate surface area is 160 Å². The first kappa shape index (κ1) is 17.1. The number of rotatable bonds is 4. The van der Waals surface area contributed by atoms with Crippen LogP contribution in [0.4, 0.5) is 9.39 Å². The molecule has 3 nitrogen and oxygen atoms in total. The zero-order valence-electron chi connectivity index (χ0n) is 14.3. The van der Waals surface area contributed by atoms with Gasteiger partial charge >= 0.3 is 0 Å². The third-order valence-corrected chi connectivity index (χ3v) is 5.04. The number of benzene rings is 3. The molecule has 2 N–H and O–H groups in total. The fourth-order valence-electron chi connectivity index (χ4n) is 2.67. The molecule has 0 saturated heterocycles. The molecule has 0 bridgehead atoms. The second-order valence-electron chi connectivity index (χ2n) is 5.91. The average Bonchev–Trinajstić information content (AvgIpc) is 3.13. The van der Waals surface area contributed by atoms with Crippen molar-refractivity contribution >= 4 is 22.2 Å². The number of aliphatic imine (C=N–C) groups is 1. The first-order valence-corrected chi connectivity index (χ1v) is 9.24. The van der Waals surface area contributed by atoms with Crippen LogP contribution < -0.4 is 5.73 Å². The summed E-state index contributed by atoms with van der Waals surface area (Å²) in [5.41, 5.74) is 9.63. The molecule has 0 aliphatic rings. The predicted molar refractivity (Wildman–Crippen MR) is 110 cm³/mol. The van der Waals surface area contributed by atoms with E-state index in [4.69, 9.17) is 10.7 Å². The summed E-state index contributed by atoms with van der Waals surface area (Å²) in [6, 6.07) is 25.8. The van der Waals surface area contributed by atoms with Gasteiger partial charge in [0.1, 0.15) is 27.4 Å². The summed E-state index contributed by atoms with van der Waals surface area (Å²) in [6.45, 7) is 0. The Bertz CT molecular complexity index is 1070. The number of amidine groups is 1. The standard InChI is InChI=1S/C22H16FN3S/c23-18-13-11-16(12-14-18)20(24)26-22-19(15-7-3-1-4-8-15)25-21(27-22)17-9-5-2-6-10-17/h1-14H,(H2,24,26). The van der Waals surface area contributed by atoms with Crippen molar-refractivity contribution in [3.05, 3.63) is 96.3 Å². The molecule has 0 amide bonds. The maximum atomic E-state index is 13.2. The van der Waals surface area contributed by atoms with E-state index < -0.39 is 0 Å². The molecule has 3 aromatic carbocycles. The molecule has 1 aromatic heterocycles. The summed E-state index contributed by atoms with van der Waals surface area (Å²) >= 11 is 1.48. The van der Waals surface area contributed by atoms with Crippen molar-refractivity contribution in [3.63, 3.8) is 0 Å². The molecule has 0 aliphatic carbocycles. The van der Waals surface area contributed by atoms with Gasteiger partial charge < -0.3 is 5.73 Å². The molecule has 0 saturated carbocycles. The van der Waals surface area contributed by atoms with Gasteiger partial charge in [-0.25, -0.2) is 14.4 Å². The van der Waals surface area contributed by atoms with E-state index in [1.807, 2.05) is 60.7 Å². The summed E-state index contributed by atoms with van der Waals surface area (Å²) in [5, 5.41) is 1.60. The van der Waals surface area contributed by atoms with Gasteiger partial charge in [0.15, 0.2) is 0 Å². The van der Waals surface area contributed by atoms with Gasteiger partial charge in [-0.2, -0.15) is 0 Å². The van der Waals surface area contributed by atoms with Gasteiger partial charge in [-0.05, 0) is 24.3 Å². The Kier molecular flexibility index (Phi) is 4.77. The van der Waals surface area contributed by atoms with Gasteiger partial charge in [-0.15, -0.1) is 0 Å². The van der Waals surface area contributed by atoms with Crippen LogP contribution in [0.1, 0.15) is 5.56 Å². The maximum Gasteiger partial charge on any atom is 0.146 e. The Hall–Kier alpha value is -3.31. The van der Waals surface area contributed by atoms with Gasteiger partial charge in [-0.1, -0.05) is 72.0 Å². The van der Waals surface area contributed by atoms with Crippen molar-refractivity contribution in [2.75, 3.05) is 0 Å². The zero-order chi connectivity index (χ0) is 18.6. The lowest BCUT2D eigenvalue weighted by molar-refractivity contribution is 0.628. The highest BCUT2D eigenvalue weighted by molar-refractivity contribution is 7.19. The molecule has 132 valence electrons. The van der Waals surface area contributed by atoms with E-state index in [-0.39, 0.29) is 5.82 Å². The predicted octanol–water partition coefficient (Wildman–Crippen LogP) is 5.65. The average molecular weight is 373 g/mol. The summed E-state index contributed by atoms with van der Waals surface area (Å²) in [6.07, 6.45) is 0. The first-order chi connectivity index (χ1) is 13.2. The van der Waals surface area contributed by atoms with Crippen LogP contribution in [0.3, 0.4) is 0 Å². The molecule has 0 unspecified atom stereocenters. The third-order valence-electron chi connectivity index (χ3n) is 4.04. The van der Waals surface area contributed by atoms with Crippen molar-refractivity contribution < 1.29 is 4.39 Å². The second-order valence-corrected chi connectivity index (χ2v) is 6.89. The minimum Gasteiger partial charge on any atom is -0.383 e. The van der Waals surface area contributed by atoms with Crippen LogP contribution >= 0.6 is 11.3 Å². The quantitative estimate of drug-likeness (QED) is 0.371. The van der Waals surface area contributed by atoms with Gasteiger partial charge in [0.2, 0.25) is 0 Å². The molecular weight excluding hydrogens is 357 g/mol. The van der Waals surface area contributed by atoms with Gasteiger partial charge in [0.25, 0.3) is 0 Å². The topological polar surface area (TPSA) is 51.3 Å². The number of hydrogen-bond donors (Lipinski definition) is 1. The van der Waals surface area contributed by atoms with Crippen LogP contribution in [-0.2, 0) is 0 Å². The maximum absolute atomic E-state index is 13.2. The van der Waals surface area contributed by atoms with Crippen molar-refractivity contribution in [2.45, 2.75) is 0 Å². The molecule has 0 radical (unpaired) electrons. The Morgan fingerprint density at radius 3 is 2.04 bits per heavy atom. The van der Waals surface area contributed by atoms with Crippen LogP contribution in [0.2, 0.25) is 0 Å². The molecule has 5 heteroatoms. The van der Waals surface area contributed by atoms with Crippen LogP contribution in [0.5, 0.6) is 0 Å². The highest BCUT2D eigenvalue weighted by atomic mass is 32.1. The molecule has 0 atom stereocenters. The first-order valence-electron chi connectivity index (χ1n) is 8.42. The number of aromatic nitrogens is 1. The molecule has 0 fully saturated rings. The number of hydrogen-bond acceptors (Lipinski definition) is 3. The molecule has 0 spiro atoms. The van der Waals surface area contributed by atoms with E-state index in [1.165, 1.54) is 23.5 Å². The van der Waals surface area contributed by atoms with E-state index in [0.717, 1.165) is 26.8 Å². The lowest BCUT2D eigenvalue weighted by Crippen LogP contribution is -2.12. The molecule has 4 rings (SSSR count). The second kappa shape index (κ2) is 7.51. The minimum absolute atomic E-state index is 0.305. The van der Waals surface area contributed by atoms with E-state index >= 15 is 0 Å². The summed E-state index contributed by atoms with van der Waals surface area (Å²) in [4.78, 5) is 9.42. The van der Waals surface area contributed by atoms with E-state index in [2.05, 4.69) is 4.99 Å². The zero-order valence-corrected chi connectivity index (χ0v) is 15.2. The molecule has 1 heterocycles. The Balaban J connectivity index is 1.82. The smallest absolute Gasteiger partial charge is 0.146 e. The highest BCUT2D eigenvalue weighted by Gasteiger charge is 2.14. The van der Waals surface area contributed by atoms with E-state index in [1.54, 1.807) is 12.1 Å². The monoisotopic (exact) mass is 373 g/mol. The van der Waals surface area contributed by atoms with Crippen LogP contribution in [-0.4, -0.2) is 10.8 Å². The van der Waals surface area contributed by atoms with Gasteiger partial charge in [0.05, 0.1) is 0 Å². The molecular formula is C22H16FN3S. The lowest BCUT2D eigenvalue weighted by Gasteiger charge is -2.02. The number of thiazole rings is 1. The summed E-state index contributed by atoms with van der Waals surface area (Å²) < 4.78 is 13.2. The normalized spacial score (nSPS) is 11.5. The molecule has 27 heavy (non-hydrogen) atoms. The summed E-state index contributed by atoms with van der Waals surface area (Å²) in [5.74, 6) is 0.0242. The molecule has 0 aliphatic heterocycles. The summed E-state index contributed by atoms with van der Waals surface area (Å²) in [7, 11) is 0. The SMILES string of the molecule is N/C(=N\c1sc(-c2ccccc2)nc1-c1ccccc1)c1ccc(F)cc1. The van der Waals surface area contributed by atoms with Crippen molar-refractivity contribution in [3.8, 4) is 21.8 Å². The number of nitrogens with two attached hydrogens (primary N) is 1. The van der Waals surface area contributed by atoms with Crippen LogP contribution in [0, 0.1) is 5.82 Å². The van der Waals surface area contributed by atoms with E-state index in [9.17, 15) is 4.39 Å². The molecule has 4 aromatic rings. The minimum atomic E-state index is -0.305. The van der Waals surface area contributed by atoms with E-state index in [0.29, 0.717) is 11.4 Å². The lowest BCUT2D eigenvalue weighted by atomic mass is 10.1.